The Bertz CT molecular complexity index is 849. The number of rotatable bonds is 5. The quantitative estimate of drug-likeness (QED) is 0.580. The van der Waals surface area contributed by atoms with Gasteiger partial charge in [-0.3, -0.25) is 9.78 Å². The highest BCUT2D eigenvalue weighted by Gasteiger charge is 2.05. The Labute approximate surface area is 133 Å². The number of hydrazone groups is 1. The molecule has 0 spiro atoms. The number of fused-ring (bicyclic) bond motifs is 1. The number of pyridine rings is 1. The molecule has 0 bridgehead atoms. The number of aromatic nitrogens is 2. The Morgan fingerprint density at radius 3 is 3.04 bits per heavy atom. The second-order valence-electron chi connectivity index (χ2n) is 5.02. The predicted molar refractivity (Wildman–Crippen MR) is 88.4 cm³/mol. The number of amides is 1. The molecular weight excluding hydrogens is 292 g/mol. The molecule has 3 rings (SSSR count). The Balaban J connectivity index is 1.57. The van der Waals surface area contributed by atoms with Crippen molar-refractivity contribution in [1.82, 2.24) is 15.0 Å². The third-order valence-corrected chi connectivity index (χ3v) is 3.21. The van der Waals surface area contributed by atoms with Crippen LogP contribution >= 0.6 is 0 Å². The van der Waals surface area contributed by atoms with Crippen molar-refractivity contribution in [3.8, 4) is 5.75 Å². The summed E-state index contributed by atoms with van der Waals surface area (Å²) in [5.41, 5.74) is 4.08. The number of ether oxygens (including phenoxy) is 1. The van der Waals surface area contributed by atoms with Crippen molar-refractivity contribution in [2.45, 2.75) is 0 Å². The molecule has 0 radical (unpaired) electrons. The average molecular weight is 308 g/mol. The molecule has 2 aromatic heterocycles. The van der Waals surface area contributed by atoms with Crippen LogP contribution in [0.1, 0.15) is 5.56 Å². The molecule has 0 saturated heterocycles. The van der Waals surface area contributed by atoms with Gasteiger partial charge in [-0.05, 0) is 18.2 Å². The van der Waals surface area contributed by atoms with Crippen LogP contribution in [-0.2, 0) is 11.8 Å². The highest BCUT2D eigenvalue weighted by Crippen LogP contribution is 2.22. The number of hydrogen-bond acceptors (Lipinski definition) is 4. The molecule has 6 heteroatoms. The molecule has 0 fully saturated rings. The van der Waals surface area contributed by atoms with Crippen molar-refractivity contribution in [2.75, 3.05) is 6.61 Å². The number of carbonyl (C=O) groups is 1. The van der Waals surface area contributed by atoms with Crippen LogP contribution in [0, 0.1) is 0 Å². The van der Waals surface area contributed by atoms with E-state index in [2.05, 4.69) is 15.5 Å². The third kappa shape index (κ3) is 3.74. The van der Waals surface area contributed by atoms with E-state index in [-0.39, 0.29) is 12.5 Å². The topological polar surface area (TPSA) is 68.5 Å². The molecular formula is C17H16N4O2. The second kappa shape index (κ2) is 6.74. The Morgan fingerprint density at radius 2 is 2.22 bits per heavy atom. The highest BCUT2D eigenvalue weighted by atomic mass is 16.5. The zero-order valence-electron chi connectivity index (χ0n) is 12.6. The SMILES string of the molecule is Cn1ccc(/C=N\NC(=O)COc2cccc3cccnc23)c1. The lowest BCUT2D eigenvalue weighted by atomic mass is 10.2. The fraction of sp³-hybridized carbons (Fsp3) is 0.118. The minimum absolute atomic E-state index is 0.123. The summed E-state index contributed by atoms with van der Waals surface area (Å²) >= 11 is 0. The maximum Gasteiger partial charge on any atom is 0.277 e. The van der Waals surface area contributed by atoms with E-state index in [0.717, 1.165) is 16.5 Å². The minimum Gasteiger partial charge on any atom is -0.481 e. The molecule has 0 unspecified atom stereocenters. The van der Waals surface area contributed by atoms with E-state index in [0.29, 0.717) is 5.75 Å². The maximum atomic E-state index is 11.8. The van der Waals surface area contributed by atoms with Gasteiger partial charge in [0.05, 0.1) is 6.21 Å². The number of benzene rings is 1. The van der Waals surface area contributed by atoms with Crippen molar-refractivity contribution in [1.29, 1.82) is 0 Å². The van der Waals surface area contributed by atoms with E-state index in [1.54, 1.807) is 18.5 Å². The Morgan fingerprint density at radius 1 is 1.35 bits per heavy atom. The van der Waals surface area contributed by atoms with Gasteiger partial charge < -0.3 is 9.30 Å². The van der Waals surface area contributed by atoms with E-state index in [9.17, 15) is 4.79 Å². The molecule has 0 saturated carbocycles. The van der Waals surface area contributed by atoms with Gasteiger partial charge in [0.25, 0.3) is 5.91 Å². The molecule has 1 amide bonds. The molecule has 6 nitrogen and oxygen atoms in total. The van der Waals surface area contributed by atoms with Gasteiger partial charge in [0.1, 0.15) is 11.3 Å². The van der Waals surface area contributed by atoms with Crippen LogP contribution in [0.5, 0.6) is 5.75 Å². The zero-order chi connectivity index (χ0) is 16.1. The first-order chi connectivity index (χ1) is 11.2. The van der Waals surface area contributed by atoms with Crippen LogP contribution in [0.25, 0.3) is 10.9 Å². The van der Waals surface area contributed by atoms with Crippen molar-refractivity contribution in [2.24, 2.45) is 12.1 Å². The summed E-state index contributed by atoms with van der Waals surface area (Å²) in [6.07, 6.45) is 7.07. The van der Waals surface area contributed by atoms with E-state index < -0.39 is 0 Å². The molecule has 0 atom stereocenters. The van der Waals surface area contributed by atoms with E-state index in [1.165, 1.54) is 0 Å². The first kappa shape index (κ1) is 14.8. The molecule has 3 aromatic rings. The van der Waals surface area contributed by atoms with Crippen molar-refractivity contribution in [3.63, 3.8) is 0 Å². The zero-order valence-corrected chi connectivity index (χ0v) is 12.6. The number of nitrogens with zero attached hydrogens (tertiary/aromatic N) is 3. The fourth-order valence-corrected chi connectivity index (χ4v) is 2.15. The van der Waals surface area contributed by atoms with Gasteiger partial charge in [-0.15, -0.1) is 0 Å². The van der Waals surface area contributed by atoms with Crippen LogP contribution in [0.4, 0.5) is 0 Å². The van der Waals surface area contributed by atoms with Gasteiger partial charge >= 0.3 is 0 Å². The van der Waals surface area contributed by atoms with Gasteiger partial charge in [0, 0.05) is 36.6 Å². The summed E-state index contributed by atoms with van der Waals surface area (Å²) in [4.78, 5) is 16.0. The molecule has 0 aliphatic rings. The van der Waals surface area contributed by atoms with Crippen LogP contribution in [0.3, 0.4) is 0 Å². The minimum atomic E-state index is -0.329. The van der Waals surface area contributed by atoms with Gasteiger partial charge in [0.2, 0.25) is 0 Å². The second-order valence-corrected chi connectivity index (χ2v) is 5.02. The summed E-state index contributed by atoms with van der Waals surface area (Å²) in [5.74, 6) is 0.246. The van der Waals surface area contributed by atoms with Crippen LogP contribution < -0.4 is 10.2 Å². The summed E-state index contributed by atoms with van der Waals surface area (Å²) in [6, 6.07) is 11.3. The molecule has 116 valence electrons. The molecule has 0 aliphatic carbocycles. The first-order valence-electron chi connectivity index (χ1n) is 7.13. The largest absolute Gasteiger partial charge is 0.481 e. The number of carbonyl (C=O) groups excluding carboxylic acids is 1. The number of nitrogens with one attached hydrogen (secondary N) is 1. The number of hydrogen-bond donors (Lipinski definition) is 1. The lowest BCUT2D eigenvalue weighted by molar-refractivity contribution is -0.123. The average Bonchev–Trinajstić information content (AvgIpc) is 2.98. The fourth-order valence-electron chi connectivity index (χ4n) is 2.15. The van der Waals surface area contributed by atoms with Gasteiger partial charge in [0.15, 0.2) is 6.61 Å². The van der Waals surface area contributed by atoms with Gasteiger partial charge in [-0.1, -0.05) is 18.2 Å². The van der Waals surface area contributed by atoms with Crippen molar-refractivity contribution in [3.05, 3.63) is 60.6 Å². The molecule has 0 aliphatic heterocycles. The molecule has 1 N–H and O–H groups in total. The smallest absolute Gasteiger partial charge is 0.277 e. The van der Waals surface area contributed by atoms with E-state index in [4.69, 9.17) is 4.74 Å². The molecule has 1 aromatic carbocycles. The Kier molecular flexibility index (Phi) is 4.33. The van der Waals surface area contributed by atoms with Crippen LogP contribution in [-0.4, -0.2) is 28.3 Å². The van der Waals surface area contributed by atoms with E-state index >= 15 is 0 Å². The van der Waals surface area contributed by atoms with Gasteiger partial charge in [-0.2, -0.15) is 5.10 Å². The van der Waals surface area contributed by atoms with Crippen molar-refractivity contribution >= 4 is 23.0 Å². The maximum absolute atomic E-state index is 11.8. The van der Waals surface area contributed by atoms with Gasteiger partial charge in [-0.25, -0.2) is 5.43 Å². The predicted octanol–water partition coefficient (Wildman–Crippen LogP) is 2.10. The van der Waals surface area contributed by atoms with Crippen LogP contribution in [0.2, 0.25) is 0 Å². The normalized spacial score (nSPS) is 11.0. The molecule has 2 heterocycles. The lowest BCUT2D eigenvalue weighted by Gasteiger charge is -2.07. The number of para-hydroxylation sites is 1. The third-order valence-electron chi connectivity index (χ3n) is 3.21. The standard InChI is InChI=1S/C17H16N4O2/c1-21-9-7-13(11-21)10-19-20-16(22)12-23-15-6-2-4-14-5-3-8-18-17(14)15/h2-11H,12H2,1H3,(H,20,22)/b19-10-. The summed E-state index contributed by atoms with van der Waals surface area (Å²) in [7, 11) is 1.92. The first-order valence-corrected chi connectivity index (χ1v) is 7.13. The summed E-state index contributed by atoms with van der Waals surface area (Å²) in [6.45, 7) is -0.123. The van der Waals surface area contributed by atoms with Crippen molar-refractivity contribution < 1.29 is 9.53 Å². The monoisotopic (exact) mass is 308 g/mol. The summed E-state index contributed by atoms with van der Waals surface area (Å²) < 4.78 is 7.44. The Hall–Kier alpha value is -3.15. The van der Waals surface area contributed by atoms with Crippen LogP contribution in [0.15, 0.2) is 60.1 Å². The summed E-state index contributed by atoms with van der Waals surface area (Å²) in [5, 5.41) is 4.86. The lowest BCUT2D eigenvalue weighted by Crippen LogP contribution is -2.24. The van der Waals surface area contributed by atoms with E-state index in [1.807, 2.05) is 54.3 Å². The molecule has 23 heavy (non-hydrogen) atoms. The highest BCUT2D eigenvalue weighted by molar-refractivity contribution is 5.85. The number of aryl methyl sites for hydroxylation is 1.